The summed E-state index contributed by atoms with van der Waals surface area (Å²) in [6.45, 7) is 3.98. The van der Waals surface area contributed by atoms with E-state index in [1.165, 1.54) is 11.3 Å². The van der Waals surface area contributed by atoms with Gasteiger partial charge in [-0.05, 0) is 11.6 Å². The third-order valence-corrected chi connectivity index (χ3v) is 2.73. The molecule has 15 heavy (non-hydrogen) atoms. The quantitative estimate of drug-likeness (QED) is 0.730. The van der Waals surface area contributed by atoms with Gasteiger partial charge in [0.15, 0.2) is 0 Å². The highest BCUT2D eigenvalue weighted by molar-refractivity contribution is 5.54. The van der Waals surface area contributed by atoms with Crippen molar-refractivity contribution in [3.05, 3.63) is 29.8 Å². The van der Waals surface area contributed by atoms with Crippen LogP contribution in [0, 0.1) is 12.3 Å². The second-order valence-corrected chi connectivity index (χ2v) is 3.75. The highest BCUT2D eigenvalue weighted by Crippen LogP contribution is 2.21. The molecule has 78 valence electrons. The molecule has 0 aliphatic carbocycles. The average molecular weight is 200 g/mol. The van der Waals surface area contributed by atoms with Crippen molar-refractivity contribution in [2.24, 2.45) is 0 Å². The van der Waals surface area contributed by atoms with Gasteiger partial charge in [0, 0.05) is 38.3 Å². The summed E-state index contributed by atoms with van der Waals surface area (Å²) in [5.74, 6) is 2.70. The van der Waals surface area contributed by atoms with Gasteiger partial charge in [-0.15, -0.1) is 12.3 Å². The number of benzene rings is 1. The van der Waals surface area contributed by atoms with E-state index in [1.54, 1.807) is 0 Å². The third kappa shape index (κ3) is 2.31. The fourth-order valence-corrected chi connectivity index (χ4v) is 1.96. The Kier molecular flexibility index (Phi) is 3.26. The van der Waals surface area contributed by atoms with E-state index in [0.29, 0.717) is 0 Å². The molecule has 2 rings (SSSR count). The lowest BCUT2D eigenvalue weighted by atomic mass is 10.1. The van der Waals surface area contributed by atoms with Gasteiger partial charge >= 0.3 is 0 Å². The van der Waals surface area contributed by atoms with Crippen LogP contribution in [0.1, 0.15) is 12.0 Å². The van der Waals surface area contributed by atoms with Crippen LogP contribution in [-0.2, 0) is 6.54 Å². The van der Waals surface area contributed by atoms with Gasteiger partial charge in [0.25, 0.3) is 0 Å². The lowest BCUT2D eigenvalue weighted by Crippen LogP contribution is -2.29. The number of nitrogens with one attached hydrogen (secondary N) is 1. The molecule has 0 unspecified atom stereocenters. The number of rotatable bonds is 2. The van der Waals surface area contributed by atoms with Gasteiger partial charge in [0.2, 0.25) is 0 Å². The maximum atomic E-state index is 5.31. The minimum Gasteiger partial charge on any atom is -0.369 e. The maximum Gasteiger partial charge on any atom is 0.0412 e. The average Bonchev–Trinajstić information content (AvgIpc) is 2.49. The molecule has 0 saturated carbocycles. The van der Waals surface area contributed by atoms with Gasteiger partial charge in [-0.25, -0.2) is 0 Å². The molecule has 2 nitrogen and oxygen atoms in total. The number of nitrogens with zero attached hydrogens (tertiary/aromatic N) is 1. The zero-order valence-corrected chi connectivity index (χ0v) is 8.87. The summed E-state index contributed by atoms with van der Waals surface area (Å²) < 4.78 is 0. The number of terminal acetylenes is 1. The molecule has 0 atom stereocenters. The first kappa shape index (κ1) is 10.1. The molecule has 1 aliphatic heterocycles. The zero-order valence-electron chi connectivity index (χ0n) is 8.87. The standard InChI is InChI=1S/C13H16N2/c1-2-3-9-15-10-8-14-11-12-6-4-5-7-13(12)15/h1,4-7,14H,3,8-11H2. The van der Waals surface area contributed by atoms with Crippen LogP contribution in [0.15, 0.2) is 24.3 Å². The Labute approximate surface area is 91.3 Å². The fourth-order valence-electron chi connectivity index (χ4n) is 1.96. The Hall–Kier alpha value is -1.46. The predicted molar refractivity (Wildman–Crippen MR) is 63.8 cm³/mol. The largest absolute Gasteiger partial charge is 0.369 e. The monoisotopic (exact) mass is 200 g/mol. The Morgan fingerprint density at radius 2 is 2.27 bits per heavy atom. The second kappa shape index (κ2) is 4.86. The van der Waals surface area contributed by atoms with Crippen LogP contribution in [-0.4, -0.2) is 19.6 Å². The summed E-state index contributed by atoms with van der Waals surface area (Å²) in [4.78, 5) is 2.37. The van der Waals surface area contributed by atoms with Crippen LogP contribution in [0.2, 0.25) is 0 Å². The second-order valence-electron chi connectivity index (χ2n) is 3.75. The molecule has 2 heteroatoms. The summed E-state index contributed by atoms with van der Waals surface area (Å²) in [5, 5.41) is 3.42. The number of hydrogen-bond donors (Lipinski definition) is 1. The fraction of sp³-hybridized carbons (Fsp3) is 0.385. The molecular formula is C13H16N2. The van der Waals surface area contributed by atoms with E-state index in [2.05, 4.69) is 40.4 Å². The Morgan fingerprint density at radius 1 is 1.40 bits per heavy atom. The summed E-state index contributed by atoms with van der Waals surface area (Å²) >= 11 is 0. The van der Waals surface area contributed by atoms with Crippen LogP contribution in [0.5, 0.6) is 0 Å². The van der Waals surface area contributed by atoms with Crippen molar-refractivity contribution in [3.63, 3.8) is 0 Å². The Bertz CT molecular complexity index is 365. The molecule has 1 aliphatic rings. The van der Waals surface area contributed by atoms with Crippen molar-refractivity contribution >= 4 is 5.69 Å². The lowest BCUT2D eigenvalue weighted by Gasteiger charge is -2.23. The molecule has 0 radical (unpaired) electrons. The summed E-state index contributed by atoms with van der Waals surface area (Å²) in [5.41, 5.74) is 2.70. The van der Waals surface area contributed by atoms with E-state index < -0.39 is 0 Å². The summed E-state index contributed by atoms with van der Waals surface area (Å²) in [7, 11) is 0. The Balaban J connectivity index is 2.21. The Morgan fingerprint density at radius 3 is 3.13 bits per heavy atom. The van der Waals surface area contributed by atoms with Gasteiger partial charge in [-0.2, -0.15) is 0 Å². The number of para-hydroxylation sites is 1. The van der Waals surface area contributed by atoms with E-state index >= 15 is 0 Å². The van der Waals surface area contributed by atoms with Crippen LogP contribution < -0.4 is 10.2 Å². The van der Waals surface area contributed by atoms with E-state index in [0.717, 1.165) is 32.6 Å². The van der Waals surface area contributed by atoms with Crippen LogP contribution >= 0.6 is 0 Å². The van der Waals surface area contributed by atoms with E-state index in [-0.39, 0.29) is 0 Å². The first-order valence-corrected chi connectivity index (χ1v) is 5.39. The van der Waals surface area contributed by atoms with Crippen molar-refractivity contribution in [2.45, 2.75) is 13.0 Å². The van der Waals surface area contributed by atoms with Crippen molar-refractivity contribution in [1.82, 2.24) is 5.32 Å². The molecule has 1 N–H and O–H groups in total. The van der Waals surface area contributed by atoms with E-state index in [4.69, 9.17) is 6.42 Å². The number of anilines is 1. The molecule has 0 bridgehead atoms. The maximum absolute atomic E-state index is 5.31. The van der Waals surface area contributed by atoms with Crippen molar-refractivity contribution < 1.29 is 0 Å². The van der Waals surface area contributed by atoms with Crippen LogP contribution in [0.4, 0.5) is 5.69 Å². The van der Waals surface area contributed by atoms with Gasteiger partial charge in [-0.3, -0.25) is 0 Å². The van der Waals surface area contributed by atoms with Crippen molar-refractivity contribution in [3.8, 4) is 12.3 Å². The molecular weight excluding hydrogens is 184 g/mol. The van der Waals surface area contributed by atoms with Gasteiger partial charge < -0.3 is 10.2 Å². The van der Waals surface area contributed by atoms with Crippen molar-refractivity contribution in [1.29, 1.82) is 0 Å². The lowest BCUT2D eigenvalue weighted by molar-refractivity contribution is 0.690. The molecule has 0 amide bonds. The van der Waals surface area contributed by atoms with Crippen LogP contribution in [0.25, 0.3) is 0 Å². The molecule has 1 aromatic carbocycles. The predicted octanol–water partition coefficient (Wildman–Crippen LogP) is 1.62. The third-order valence-electron chi connectivity index (χ3n) is 2.73. The molecule has 0 aromatic heterocycles. The number of fused-ring (bicyclic) bond motifs is 1. The molecule has 0 saturated heterocycles. The minimum atomic E-state index is 0.814. The first-order chi connectivity index (χ1) is 7.42. The molecule has 0 spiro atoms. The SMILES string of the molecule is C#CCCN1CCNCc2ccccc21. The highest BCUT2D eigenvalue weighted by Gasteiger charge is 2.12. The summed E-state index contributed by atoms with van der Waals surface area (Å²) in [6, 6.07) is 8.54. The first-order valence-electron chi connectivity index (χ1n) is 5.39. The smallest absolute Gasteiger partial charge is 0.0412 e. The topological polar surface area (TPSA) is 15.3 Å². The zero-order chi connectivity index (χ0) is 10.5. The highest BCUT2D eigenvalue weighted by atomic mass is 15.2. The van der Waals surface area contributed by atoms with E-state index in [1.807, 2.05) is 0 Å². The summed E-state index contributed by atoms with van der Waals surface area (Å²) in [6.07, 6.45) is 6.13. The molecule has 1 aromatic rings. The number of hydrogen-bond acceptors (Lipinski definition) is 2. The van der Waals surface area contributed by atoms with E-state index in [9.17, 15) is 0 Å². The molecule has 0 fully saturated rings. The van der Waals surface area contributed by atoms with Crippen LogP contribution in [0.3, 0.4) is 0 Å². The van der Waals surface area contributed by atoms with Crippen molar-refractivity contribution in [2.75, 3.05) is 24.5 Å². The molecule has 1 heterocycles. The normalized spacial score (nSPS) is 15.3. The minimum absolute atomic E-state index is 0.814. The van der Waals surface area contributed by atoms with Gasteiger partial charge in [0.05, 0.1) is 0 Å². The van der Waals surface area contributed by atoms with Gasteiger partial charge in [0.1, 0.15) is 0 Å². The van der Waals surface area contributed by atoms with Gasteiger partial charge in [-0.1, -0.05) is 18.2 Å².